The van der Waals surface area contributed by atoms with Crippen LogP contribution >= 0.6 is 27.5 Å². The molecule has 21 heavy (non-hydrogen) atoms. The van der Waals surface area contributed by atoms with Crippen LogP contribution in [-0.2, 0) is 6.54 Å². The van der Waals surface area contributed by atoms with Gasteiger partial charge in [-0.3, -0.25) is 4.79 Å². The fourth-order valence-corrected chi connectivity index (χ4v) is 2.36. The Hall–Kier alpha value is -1.59. The summed E-state index contributed by atoms with van der Waals surface area (Å²) < 4.78 is 0.793. The molecule has 1 amide bonds. The number of amides is 1. The van der Waals surface area contributed by atoms with Crippen molar-refractivity contribution in [2.45, 2.75) is 6.54 Å². The van der Waals surface area contributed by atoms with E-state index in [0.717, 1.165) is 16.0 Å². The second kappa shape index (κ2) is 6.91. The largest absolute Gasteiger partial charge is 0.379 e. The summed E-state index contributed by atoms with van der Waals surface area (Å²) >= 11 is 9.42. The van der Waals surface area contributed by atoms with Crippen molar-refractivity contribution in [3.05, 3.63) is 57.3 Å². The molecule has 1 heterocycles. The highest BCUT2D eigenvalue weighted by molar-refractivity contribution is 9.10. The lowest BCUT2D eigenvalue weighted by atomic mass is 10.1. The predicted molar refractivity (Wildman–Crippen MR) is 88.7 cm³/mol. The van der Waals surface area contributed by atoms with Crippen molar-refractivity contribution in [3.8, 4) is 0 Å². The molecule has 0 aliphatic heterocycles. The molecule has 1 aromatic heterocycles. The van der Waals surface area contributed by atoms with Crippen molar-refractivity contribution in [1.29, 1.82) is 0 Å². The molecule has 0 bridgehead atoms. The fourth-order valence-electron chi connectivity index (χ4n) is 1.78. The van der Waals surface area contributed by atoms with Crippen molar-refractivity contribution >= 4 is 39.1 Å². The molecule has 4 nitrogen and oxygen atoms in total. The van der Waals surface area contributed by atoms with Crippen LogP contribution in [0.25, 0.3) is 0 Å². The van der Waals surface area contributed by atoms with Gasteiger partial charge in [0.25, 0.3) is 5.91 Å². The number of nitrogens with zero attached hydrogens (tertiary/aromatic N) is 2. The lowest BCUT2D eigenvalue weighted by molar-refractivity contribution is 0.0828. The highest BCUT2D eigenvalue weighted by Gasteiger charge is 2.13. The van der Waals surface area contributed by atoms with Gasteiger partial charge in [-0.15, -0.1) is 0 Å². The molecular weight excluding hydrogens is 354 g/mol. The number of carbonyl (C=O) groups excluding carboxylic acids is 1. The summed E-state index contributed by atoms with van der Waals surface area (Å²) in [4.78, 5) is 17.9. The average Bonchev–Trinajstić information content (AvgIpc) is 2.45. The minimum atomic E-state index is -0.121. The average molecular weight is 369 g/mol. The highest BCUT2D eigenvalue weighted by Crippen LogP contribution is 2.22. The normalized spacial score (nSPS) is 10.3. The van der Waals surface area contributed by atoms with E-state index in [9.17, 15) is 4.79 Å². The molecule has 0 spiro atoms. The van der Waals surface area contributed by atoms with Crippen molar-refractivity contribution in [3.63, 3.8) is 0 Å². The second-order valence-electron chi connectivity index (χ2n) is 4.70. The van der Waals surface area contributed by atoms with Gasteiger partial charge in [-0.05, 0) is 46.3 Å². The molecule has 2 aromatic rings. The number of benzene rings is 1. The van der Waals surface area contributed by atoms with Crippen LogP contribution in [0.2, 0.25) is 5.02 Å². The number of rotatable bonds is 4. The number of halogens is 2. The van der Waals surface area contributed by atoms with E-state index in [1.165, 1.54) is 4.90 Å². The van der Waals surface area contributed by atoms with Crippen molar-refractivity contribution in [1.82, 2.24) is 9.88 Å². The van der Waals surface area contributed by atoms with E-state index in [2.05, 4.69) is 26.2 Å². The van der Waals surface area contributed by atoms with Crippen LogP contribution in [0.3, 0.4) is 0 Å². The van der Waals surface area contributed by atoms with Crippen LogP contribution < -0.4 is 5.32 Å². The van der Waals surface area contributed by atoms with Gasteiger partial charge >= 0.3 is 0 Å². The molecule has 0 aliphatic carbocycles. The van der Waals surface area contributed by atoms with E-state index < -0.39 is 0 Å². The zero-order chi connectivity index (χ0) is 15.4. The Labute approximate surface area is 137 Å². The first kappa shape index (κ1) is 15.8. The Morgan fingerprint density at radius 1 is 1.33 bits per heavy atom. The van der Waals surface area contributed by atoms with Crippen LogP contribution in [-0.4, -0.2) is 29.9 Å². The van der Waals surface area contributed by atoms with E-state index in [1.54, 1.807) is 26.2 Å². The number of hydrogen-bond donors (Lipinski definition) is 1. The van der Waals surface area contributed by atoms with Gasteiger partial charge in [-0.2, -0.15) is 0 Å². The molecule has 1 N–H and O–H groups in total. The zero-order valence-electron chi connectivity index (χ0n) is 11.7. The Morgan fingerprint density at radius 2 is 2.10 bits per heavy atom. The summed E-state index contributed by atoms with van der Waals surface area (Å²) in [5.41, 5.74) is 2.21. The molecule has 0 unspecified atom stereocenters. The summed E-state index contributed by atoms with van der Waals surface area (Å²) in [7, 11) is 3.40. The van der Waals surface area contributed by atoms with Crippen LogP contribution in [0.4, 0.5) is 5.69 Å². The molecule has 0 fully saturated rings. The number of aromatic nitrogens is 1. The molecule has 1 aromatic carbocycles. The smallest absolute Gasteiger partial charge is 0.254 e. The fraction of sp³-hybridized carbons (Fsp3) is 0.200. The van der Waals surface area contributed by atoms with E-state index in [4.69, 9.17) is 11.6 Å². The third-order valence-electron chi connectivity index (χ3n) is 2.85. The molecule has 0 saturated carbocycles. The van der Waals surface area contributed by atoms with E-state index in [0.29, 0.717) is 17.1 Å². The standard InChI is InChI=1S/C15H15BrClN3O/c1-20(2)15(21)12-8-10(6-7-13(12)17)18-9-11-4-3-5-14(16)19-11/h3-8,18H,9H2,1-2H3. The van der Waals surface area contributed by atoms with Gasteiger partial charge < -0.3 is 10.2 Å². The molecule has 0 radical (unpaired) electrons. The number of anilines is 1. The zero-order valence-corrected chi connectivity index (χ0v) is 14.1. The summed E-state index contributed by atoms with van der Waals surface area (Å²) in [5.74, 6) is -0.121. The van der Waals surface area contributed by atoms with Crippen LogP contribution in [0.1, 0.15) is 16.1 Å². The quantitative estimate of drug-likeness (QED) is 0.835. The molecule has 6 heteroatoms. The summed E-state index contributed by atoms with van der Waals surface area (Å²) in [6, 6.07) is 11.0. The summed E-state index contributed by atoms with van der Waals surface area (Å²) in [5, 5.41) is 3.68. The topological polar surface area (TPSA) is 45.2 Å². The predicted octanol–water partition coefficient (Wildman–Crippen LogP) is 3.81. The first-order valence-electron chi connectivity index (χ1n) is 6.34. The maximum atomic E-state index is 12.0. The minimum Gasteiger partial charge on any atom is -0.379 e. The molecule has 0 atom stereocenters. The van der Waals surface area contributed by atoms with Crippen molar-refractivity contribution in [2.75, 3.05) is 19.4 Å². The Kier molecular flexibility index (Phi) is 5.20. The van der Waals surface area contributed by atoms with Crippen molar-refractivity contribution < 1.29 is 4.79 Å². The second-order valence-corrected chi connectivity index (χ2v) is 5.92. The van der Waals surface area contributed by atoms with Crippen LogP contribution in [0, 0.1) is 0 Å². The lowest BCUT2D eigenvalue weighted by Gasteiger charge is -2.13. The van der Waals surface area contributed by atoms with Gasteiger partial charge in [0.15, 0.2) is 0 Å². The third kappa shape index (κ3) is 4.19. The molecule has 0 aliphatic rings. The van der Waals surface area contributed by atoms with E-state index in [-0.39, 0.29) is 5.91 Å². The SMILES string of the molecule is CN(C)C(=O)c1cc(NCc2cccc(Br)n2)ccc1Cl. The van der Waals surface area contributed by atoms with Gasteiger partial charge in [0, 0.05) is 19.8 Å². The van der Waals surface area contributed by atoms with Crippen molar-refractivity contribution in [2.24, 2.45) is 0 Å². The minimum absolute atomic E-state index is 0.121. The van der Waals surface area contributed by atoms with E-state index in [1.807, 2.05) is 24.3 Å². The van der Waals surface area contributed by atoms with Crippen LogP contribution in [0.5, 0.6) is 0 Å². The first-order valence-corrected chi connectivity index (χ1v) is 7.51. The van der Waals surface area contributed by atoms with Gasteiger partial charge in [-0.1, -0.05) is 17.7 Å². The van der Waals surface area contributed by atoms with Gasteiger partial charge in [-0.25, -0.2) is 4.98 Å². The molecule has 0 saturated heterocycles. The van der Waals surface area contributed by atoms with Gasteiger partial charge in [0.05, 0.1) is 22.8 Å². The monoisotopic (exact) mass is 367 g/mol. The number of carbonyl (C=O) groups is 1. The number of nitrogens with one attached hydrogen (secondary N) is 1. The van der Waals surface area contributed by atoms with Crippen LogP contribution in [0.15, 0.2) is 41.0 Å². The number of hydrogen-bond acceptors (Lipinski definition) is 3. The lowest BCUT2D eigenvalue weighted by Crippen LogP contribution is -2.22. The summed E-state index contributed by atoms with van der Waals surface area (Å²) in [6.45, 7) is 0.566. The summed E-state index contributed by atoms with van der Waals surface area (Å²) in [6.07, 6.45) is 0. The molecule has 2 rings (SSSR count). The maximum absolute atomic E-state index is 12.0. The number of pyridine rings is 1. The van der Waals surface area contributed by atoms with Gasteiger partial charge in [0.2, 0.25) is 0 Å². The maximum Gasteiger partial charge on any atom is 0.254 e. The van der Waals surface area contributed by atoms with Gasteiger partial charge in [0.1, 0.15) is 4.60 Å². The molecular formula is C15H15BrClN3O. The highest BCUT2D eigenvalue weighted by atomic mass is 79.9. The first-order chi connectivity index (χ1) is 9.97. The Morgan fingerprint density at radius 3 is 2.76 bits per heavy atom. The third-order valence-corrected chi connectivity index (χ3v) is 3.62. The molecule has 110 valence electrons. The Bertz CT molecular complexity index is 661. The van der Waals surface area contributed by atoms with E-state index >= 15 is 0 Å². The Balaban J connectivity index is 2.14.